The quantitative estimate of drug-likeness (QED) is 0.409. The van der Waals surface area contributed by atoms with Crippen molar-refractivity contribution in [2.75, 3.05) is 0 Å². The van der Waals surface area contributed by atoms with Gasteiger partial charge in [0.2, 0.25) is 0 Å². The van der Waals surface area contributed by atoms with Gasteiger partial charge in [0.1, 0.15) is 0 Å². The maximum atomic E-state index is 6.36. The smallest absolute Gasteiger partial charge is 0.192 e. The summed E-state index contributed by atoms with van der Waals surface area (Å²) in [6, 6.07) is 3.70. The van der Waals surface area contributed by atoms with Gasteiger partial charge in [0.05, 0.1) is 6.10 Å². The Balaban J connectivity index is 4.27. The highest BCUT2D eigenvalue weighted by molar-refractivity contribution is 6.73. The molecule has 0 aromatic rings. The van der Waals surface area contributed by atoms with E-state index in [1.165, 1.54) is 31.0 Å². The maximum Gasteiger partial charge on any atom is 0.192 e. The van der Waals surface area contributed by atoms with Gasteiger partial charge in [-0.25, -0.2) is 0 Å². The predicted octanol–water partition coefficient (Wildman–Crippen LogP) is 4.75. The number of unbranched alkanes of at least 4 members (excludes halogenated alkanes) is 1. The van der Waals surface area contributed by atoms with Gasteiger partial charge in [-0.15, -0.1) is 6.58 Å². The second-order valence-corrected chi connectivity index (χ2v) is 9.00. The van der Waals surface area contributed by atoms with Crippen molar-refractivity contribution >= 4 is 8.32 Å². The van der Waals surface area contributed by atoms with Crippen LogP contribution in [0.25, 0.3) is 0 Å². The van der Waals surface area contributed by atoms with Crippen molar-refractivity contribution in [2.45, 2.75) is 71.2 Å². The van der Waals surface area contributed by atoms with Gasteiger partial charge in [0.15, 0.2) is 8.32 Å². The summed E-state index contributed by atoms with van der Waals surface area (Å²) in [4.78, 5) is 0. The minimum atomic E-state index is -1.42. The minimum absolute atomic E-state index is 0.302. The first-order valence-electron chi connectivity index (χ1n) is 6.48. The number of hydrogen-bond acceptors (Lipinski definition) is 1. The normalized spacial score (nSPS) is 13.9. The van der Waals surface area contributed by atoms with Crippen LogP contribution in [0.3, 0.4) is 0 Å². The summed E-state index contributed by atoms with van der Waals surface area (Å²) in [5.74, 6) is 0. The van der Waals surface area contributed by atoms with Gasteiger partial charge >= 0.3 is 0 Å². The zero-order valence-electron chi connectivity index (χ0n) is 11.0. The van der Waals surface area contributed by atoms with E-state index in [9.17, 15) is 0 Å². The van der Waals surface area contributed by atoms with Crippen molar-refractivity contribution in [3.05, 3.63) is 12.7 Å². The van der Waals surface area contributed by atoms with Gasteiger partial charge in [-0.1, -0.05) is 46.6 Å². The Bertz CT molecular complexity index is 156. The van der Waals surface area contributed by atoms with Gasteiger partial charge in [-0.2, -0.15) is 0 Å². The van der Waals surface area contributed by atoms with Gasteiger partial charge < -0.3 is 4.43 Å². The Morgan fingerprint density at radius 2 is 1.67 bits per heavy atom. The van der Waals surface area contributed by atoms with Crippen molar-refractivity contribution < 1.29 is 4.43 Å². The molecule has 0 bridgehead atoms. The number of hydrogen-bond donors (Lipinski definition) is 0. The highest BCUT2D eigenvalue weighted by Gasteiger charge is 2.30. The predicted molar refractivity (Wildman–Crippen MR) is 71.8 cm³/mol. The molecule has 0 saturated carbocycles. The summed E-state index contributed by atoms with van der Waals surface area (Å²) < 4.78 is 6.36. The Morgan fingerprint density at radius 1 is 1.13 bits per heavy atom. The first kappa shape index (κ1) is 14.9. The van der Waals surface area contributed by atoms with Crippen LogP contribution in [-0.4, -0.2) is 14.4 Å². The molecule has 0 radical (unpaired) electrons. The van der Waals surface area contributed by atoms with Crippen LogP contribution in [0.2, 0.25) is 18.1 Å². The molecular formula is C13H28OSi. The molecule has 0 spiro atoms. The molecular weight excluding hydrogens is 200 g/mol. The summed E-state index contributed by atoms with van der Waals surface area (Å²) in [5.41, 5.74) is 0. The molecule has 90 valence electrons. The van der Waals surface area contributed by atoms with E-state index in [0.29, 0.717) is 6.10 Å². The topological polar surface area (TPSA) is 9.23 Å². The molecule has 0 aliphatic rings. The van der Waals surface area contributed by atoms with Gasteiger partial charge in [0, 0.05) is 0 Å². The second-order valence-electron chi connectivity index (χ2n) is 4.28. The van der Waals surface area contributed by atoms with Crippen LogP contribution in [0.15, 0.2) is 12.7 Å². The average Bonchev–Trinajstić information content (AvgIpc) is 2.30. The fourth-order valence-electron chi connectivity index (χ4n) is 1.95. The van der Waals surface area contributed by atoms with E-state index >= 15 is 0 Å². The lowest BCUT2D eigenvalue weighted by molar-refractivity contribution is 0.219. The molecule has 0 aromatic carbocycles. The molecule has 0 aliphatic carbocycles. The van der Waals surface area contributed by atoms with Crippen LogP contribution < -0.4 is 0 Å². The lowest BCUT2D eigenvalue weighted by Gasteiger charge is -2.32. The second kappa shape index (κ2) is 8.11. The van der Waals surface area contributed by atoms with Crippen LogP contribution in [-0.2, 0) is 4.43 Å². The zero-order valence-corrected chi connectivity index (χ0v) is 12.0. The molecule has 2 heteroatoms. The third kappa shape index (κ3) is 4.98. The van der Waals surface area contributed by atoms with Crippen LogP contribution in [0.1, 0.15) is 47.0 Å². The monoisotopic (exact) mass is 228 g/mol. The summed E-state index contributed by atoms with van der Waals surface area (Å²) in [7, 11) is -1.42. The molecule has 0 amide bonds. The first-order chi connectivity index (χ1) is 7.17. The average molecular weight is 228 g/mol. The van der Waals surface area contributed by atoms with Crippen molar-refractivity contribution in [3.63, 3.8) is 0 Å². The third-order valence-electron chi connectivity index (χ3n) is 3.44. The Hall–Kier alpha value is -0.0831. The lowest BCUT2D eigenvalue weighted by atomic mass is 10.2. The van der Waals surface area contributed by atoms with Gasteiger partial charge in [0.25, 0.3) is 0 Å². The van der Waals surface area contributed by atoms with Crippen LogP contribution >= 0.6 is 0 Å². The van der Waals surface area contributed by atoms with E-state index in [1.54, 1.807) is 0 Å². The fourth-order valence-corrected chi connectivity index (χ4v) is 4.81. The highest BCUT2D eigenvalue weighted by atomic mass is 28.4. The van der Waals surface area contributed by atoms with Crippen molar-refractivity contribution in [2.24, 2.45) is 0 Å². The highest BCUT2D eigenvalue weighted by Crippen LogP contribution is 2.25. The van der Waals surface area contributed by atoms with E-state index in [4.69, 9.17) is 4.43 Å². The molecule has 0 rings (SSSR count). The van der Waals surface area contributed by atoms with E-state index < -0.39 is 8.32 Å². The molecule has 0 aromatic heterocycles. The Kier molecular flexibility index (Phi) is 8.07. The van der Waals surface area contributed by atoms with E-state index in [1.807, 2.05) is 6.08 Å². The van der Waals surface area contributed by atoms with Crippen LogP contribution in [0, 0.1) is 0 Å². The van der Waals surface area contributed by atoms with E-state index in [2.05, 4.69) is 34.3 Å². The molecule has 1 unspecified atom stereocenters. The lowest BCUT2D eigenvalue weighted by Crippen LogP contribution is -2.39. The van der Waals surface area contributed by atoms with E-state index in [0.717, 1.165) is 6.42 Å². The fraction of sp³-hybridized carbons (Fsp3) is 0.846. The molecule has 0 fully saturated rings. The molecule has 1 atom stereocenters. The molecule has 15 heavy (non-hydrogen) atoms. The van der Waals surface area contributed by atoms with Gasteiger partial charge in [-0.05, 0) is 24.6 Å². The maximum absolute atomic E-state index is 6.36. The van der Waals surface area contributed by atoms with Gasteiger partial charge in [-0.3, -0.25) is 0 Å². The summed E-state index contributed by atoms with van der Waals surface area (Å²) in [6.07, 6.45) is 5.94. The first-order valence-corrected chi connectivity index (χ1v) is 9.01. The standard InChI is InChI=1S/C13H28OSi/c1-6-11-12-13(7-2)14-15(8-3,9-4)10-5/h7,13H,2,6,8-12H2,1,3-5H3. The minimum Gasteiger partial charge on any atom is -0.411 e. The molecule has 0 heterocycles. The van der Waals surface area contributed by atoms with Crippen molar-refractivity contribution in [1.82, 2.24) is 0 Å². The van der Waals surface area contributed by atoms with Crippen molar-refractivity contribution in [1.29, 1.82) is 0 Å². The summed E-state index contributed by atoms with van der Waals surface area (Å²) in [6.45, 7) is 13.0. The molecule has 1 nitrogen and oxygen atoms in total. The Labute approximate surface area is 97.0 Å². The SMILES string of the molecule is C=CC(CCCC)O[Si](CC)(CC)CC. The molecule has 0 saturated heterocycles. The van der Waals surface area contributed by atoms with Crippen LogP contribution in [0.5, 0.6) is 0 Å². The summed E-state index contributed by atoms with van der Waals surface area (Å²) >= 11 is 0. The van der Waals surface area contributed by atoms with E-state index in [-0.39, 0.29) is 0 Å². The third-order valence-corrected chi connectivity index (χ3v) is 8.11. The summed E-state index contributed by atoms with van der Waals surface area (Å²) in [5, 5.41) is 0. The van der Waals surface area contributed by atoms with Crippen molar-refractivity contribution in [3.8, 4) is 0 Å². The molecule has 0 aliphatic heterocycles. The Morgan fingerprint density at radius 3 is 2.00 bits per heavy atom. The number of rotatable bonds is 9. The van der Waals surface area contributed by atoms with Crippen LogP contribution in [0.4, 0.5) is 0 Å². The zero-order chi connectivity index (χ0) is 11.7. The molecule has 0 N–H and O–H groups in total. The largest absolute Gasteiger partial charge is 0.411 e.